The van der Waals surface area contributed by atoms with Crippen LogP contribution in [-0.4, -0.2) is 6.61 Å². The number of hydrogen-bond acceptors (Lipinski definition) is 1. The first-order chi connectivity index (χ1) is 17.3. The topological polar surface area (TPSA) is 9.23 Å². The average Bonchev–Trinajstić information content (AvgIpc) is 2.86. The Kier molecular flexibility index (Phi) is 8.77. The average molecular weight is 495 g/mol. The zero-order valence-corrected chi connectivity index (χ0v) is 21.7. The van der Waals surface area contributed by atoms with Gasteiger partial charge in [0.2, 0.25) is 0 Å². The van der Waals surface area contributed by atoms with Crippen LogP contribution in [0.25, 0.3) is 0 Å². The third-order valence-electron chi connectivity index (χ3n) is 7.71. The maximum absolute atomic E-state index is 15.0. The van der Waals surface area contributed by atoms with Gasteiger partial charge in [-0.2, -0.15) is 0 Å². The van der Waals surface area contributed by atoms with Gasteiger partial charge in [-0.05, 0) is 128 Å². The van der Waals surface area contributed by atoms with Gasteiger partial charge < -0.3 is 4.74 Å². The SMILES string of the molecule is CCOc1ccc(CCc2cc(F)c(CCc3cc(F)c(C4CCC(C)CC4)cc3C)cc2F)cc1. The predicted octanol–water partition coefficient (Wildman–Crippen LogP) is 8.68. The molecule has 4 heteroatoms. The standard InChI is InChI=1S/C32H37F3O/c1-4-36-28-15-8-23(9-16-28)7-12-26-19-31(34)27(20-30(26)33)14-13-25-18-32(35)29(17-22(25)3)24-10-5-21(2)6-11-24/h8-9,15-21,24H,4-7,10-14H2,1-3H3. The van der Waals surface area contributed by atoms with E-state index in [2.05, 4.69) is 6.92 Å². The van der Waals surface area contributed by atoms with Crippen molar-refractivity contribution >= 4 is 0 Å². The summed E-state index contributed by atoms with van der Waals surface area (Å²) >= 11 is 0. The maximum Gasteiger partial charge on any atom is 0.126 e. The predicted molar refractivity (Wildman–Crippen MR) is 140 cm³/mol. The van der Waals surface area contributed by atoms with Crippen molar-refractivity contribution in [1.29, 1.82) is 0 Å². The Morgan fingerprint density at radius 3 is 1.89 bits per heavy atom. The second-order valence-electron chi connectivity index (χ2n) is 10.4. The van der Waals surface area contributed by atoms with Crippen LogP contribution < -0.4 is 4.74 Å². The molecule has 192 valence electrons. The minimum absolute atomic E-state index is 0.161. The summed E-state index contributed by atoms with van der Waals surface area (Å²) in [5.74, 6) is 0.864. The summed E-state index contributed by atoms with van der Waals surface area (Å²) in [4.78, 5) is 0. The van der Waals surface area contributed by atoms with Gasteiger partial charge in [0.05, 0.1) is 6.61 Å². The van der Waals surface area contributed by atoms with Crippen LogP contribution in [0, 0.1) is 30.3 Å². The Labute approximate surface area is 213 Å². The summed E-state index contributed by atoms with van der Waals surface area (Å²) < 4.78 is 50.1. The second kappa shape index (κ2) is 12.0. The molecule has 0 saturated heterocycles. The monoisotopic (exact) mass is 494 g/mol. The molecule has 0 atom stereocenters. The Balaban J connectivity index is 1.38. The first kappa shape index (κ1) is 26.3. The molecule has 0 N–H and O–H groups in total. The molecule has 0 heterocycles. The highest BCUT2D eigenvalue weighted by Gasteiger charge is 2.23. The van der Waals surface area contributed by atoms with Crippen LogP contribution >= 0.6 is 0 Å². The van der Waals surface area contributed by atoms with Crippen LogP contribution in [0.15, 0.2) is 48.5 Å². The van der Waals surface area contributed by atoms with E-state index in [1.807, 2.05) is 44.2 Å². The lowest BCUT2D eigenvalue weighted by atomic mass is 9.78. The molecule has 0 radical (unpaired) electrons. The van der Waals surface area contributed by atoms with E-state index >= 15 is 0 Å². The molecule has 4 rings (SSSR count). The summed E-state index contributed by atoms with van der Waals surface area (Å²) in [7, 11) is 0. The van der Waals surface area contributed by atoms with E-state index in [9.17, 15) is 13.2 Å². The Morgan fingerprint density at radius 2 is 1.28 bits per heavy atom. The molecular weight excluding hydrogens is 457 g/mol. The van der Waals surface area contributed by atoms with Gasteiger partial charge >= 0.3 is 0 Å². The van der Waals surface area contributed by atoms with Crippen molar-refractivity contribution in [3.8, 4) is 5.75 Å². The van der Waals surface area contributed by atoms with Crippen LogP contribution in [0.4, 0.5) is 13.2 Å². The van der Waals surface area contributed by atoms with Gasteiger partial charge in [0.1, 0.15) is 23.2 Å². The number of aryl methyl sites for hydroxylation is 5. The first-order valence-electron chi connectivity index (χ1n) is 13.3. The van der Waals surface area contributed by atoms with Gasteiger partial charge in [-0.3, -0.25) is 0 Å². The van der Waals surface area contributed by atoms with Gasteiger partial charge in [-0.15, -0.1) is 0 Å². The fourth-order valence-corrected chi connectivity index (χ4v) is 5.38. The van der Waals surface area contributed by atoms with Crippen LogP contribution in [0.2, 0.25) is 0 Å². The number of ether oxygens (including phenoxy) is 1. The Hall–Kier alpha value is -2.75. The normalized spacial score (nSPS) is 17.8. The largest absolute Gasteiger partial charge is 0.494 e. The van der Waals surface area contributed by atoms with Gasteiger partial charge in [-0.25, -0.2) is 13.2 Å². The van der Waals surface area contributed by atoms with Crippen molar-refractivity contribution in [2.75, 3.05) is 6.61 Å². The van der Waals surface area contributed by atoms with Crippen LogP contribution in [0.5, 0.6) is 5.75 Å². The molecule has 1 saturated carbocycles. The molecule has 1 aliphatic rings. The van der Waals surface area contributed by atoms with Gasteiger partial charge in [0.25, 0.3) is 0 Å². The molecule has 3 aromatic carbocycles. The Morgan fingerprint density at radius 1 is 0.722 bits per heavy atom. The van der Waals surface area contributed by atoms with Gasteiger partial charge in [0.15, 0.2) is 0 Å². The molecule has 1 fully saturated rings. The van der Waals surface area contributed by atoms with E-state index in [1.54, 1.807) is 6.07 Å². The summed E-state index contributed by atoms with van der Waals surface area (Å²) in [6, 6.07) is 13.9. The molecule has 0 bridgehead atoms. The Bertz CT molecular complexity index is 1160. The second-order valence-corrected chi connectivity index (χ2v) is 10.4. The smallest absolute Gasteiger partial charge is 0.126 e. The summed E-state index contributed by atoms with van der Waals surface area (Å²) in [6.07, 6.45) is 6.21. The van der Waals surface area contributed by atoms with Crippen molar-refractivity contribution in [2.45, 2.75) is 78.1 Å². The first-order valence-corrected chi connectivity index (χ1v) is 13.3. The highest BCUT2D eigenvalue weighted by atomic mass is 19.1. The van der Waals surface area contributed by atoms with Crippen molar-refractivity contribution in [2.24, 2.45) is 5.92 Å². The fraction of sp³-hybridized carbons (Fsp3) is 0.438. The quantitative estimate of drug-likeness (QED) is 0.289. The van der Waals surface area contributed by atoms with Gasteiger partial charge in [-0.1, -0.05) is 38.0 Å². The minimum atomic E-state index is -0.399. The third kappa shape index (κ3) is 6.52. The van der Waals surface area contributed by atoms with E-state index in [0.29, 0.717) is 43.4 Å². The number of benzene rings is 3. The van der Waals surface area contributed by atoms with E-state index in [-0.39, 0.29) is 17.6 Å². The zero-order chi connectivity index (χ0) is 25.7. The lowest BCUT2D eigenvalue weighted by molar-refractivity contribution is 0.340. The highest BCUT2D eigenvalue weighted by molar-refractivity contribution is 5.36. The molecule has 0 spiro atoms. The lowest BCUT2D eigenvalue weighted by Crippen LogP contribution is -2.13. The van der Waals surface area contributed by atoms with Crippen molar-refractivity contribution in [3.63, 3.8) is 0 Å². The molecule has 0 unspecified atom stereocenters. The molecule has 36 heavy (non-hydrogen) atoms. The maximum atomic E-state index is 15.0. The van der Waals surface area contributed by atoms with Crippen molar-refractivity contribution in [3.05, 3.63) is 99.4 Å². The number of halogens is 3. The van der Waals surface area contributed by atoms with Gasteiger partial charge in [0, 0.05) is 0 Å². The minimum Gasteiger partial charge on any atom is -0.494 e. The van der Waals surface area contributed by atoms with E-state index < -0.39 is 5.82 Å². The highest BCUT2D eigenvalue weighted by Crippen LogP contribution is 2.37. The zero-order valence-electron chi connectivity index (χ0n) is 21.7. The third-order valence-corrected chi connectivity index (χ3v) is 7.71. The van der Waals surface area contributed by atoms with E-state index in [1.165, 1.54) is 12.1 Å². The fourth-order valence-electron chi connectivity index (χ4n) is 5.38. The molecule has 1 aliphatic carbocycles. The molecule has 0 amide bonds. The van der Waals surface area contributed by atoms with Crippen molar-refractivity contribution < 1.29 is 17.9 Å². The van der Waals surface area contributed by atoms with E-state index in [0.717, 1.165) is 59.6 Å². The molecule has 0 aliphatic heterocycles. The summed E-state index contributed by atoms with van der Waals surface area (Å²) in [5.41, 5.74) is 4.46. The lowest BCUT2D eigenvalue weighted by Gasteiger charge is -2.27. The summed E-state index contributed by atoms with van der Waals surface area (Å²) in [6.45, 7) is 6.79. The molecule has 1 nitrogen and oxygen atoms in total. The van der Waals surface area contributed by atoms with E-state index in [4.69, 9.17) is 4.74 Å². The van der Waals surface area contributed by atoms with Crippen LogP contribution in [0.1, 0.15) is 78.8 Å². The van der Waals surface area contributed by atoms with Crippen LogP contribution in [-0.2, 0) is 25.7 Å². The number of hydrogen-bond donors (Lipinski definition) is 0. The van der Waals surface area contributed by atoms with Crippen molar-refractivity contribution in [1.82, 2.24) is 0 Å². The molecule has 0 aromatic heterocycles. The molecule has 3 aromatic rings. The number of rotatable bonds is 9. The molecular formula is C32H37F3O. The van der Waals surface area contributed by atoms with Crippen LogP contribution in [0.3, 0.4) is 0 Å². The summed E-state index contributed by atoms with van der Waals surface area (Å²) in [5, 5.41) is 0.